The molecular weight excluding hydrogens is 340 g/mol. The average molecular weight is 356 g/mol. The van der Waals surface area contributed by atoms with Crippen molar-refractivity contribution in [2.75, 3.05) is 25.6 Å². The Morgan fingerprint density at radius 2 is 2.00 bits per heavy atom. The first-order valence-corrected chi connectivity index (χ1v) is 8.35. The molecule has 0 unspecified atom stereocenters. The maximum atomic E-state index is 12.5. The van der Waals surface area contributed by atoms with E-state index in [1.54, 1.807) is 37.8 Å². The first kappa shape index (κ1) is 17.0. The molecule has 0 aliphatic carbocycles. The zero-order chi connectivity index (χ0) is 17.5. The van der Waals surface area contributed by atoms with Crippen LogP contribution in [0.2, 0.25) is 0 Å². The molecule has 3 aromatic rings. The molecular formula is C17H16N4O3S. The second kappa shape index (κ2) is 8.32. The van der Waals surface area contributed by atoms with Gasteiger partial charge < -0.3 is 9.47 Å². The molecule has 8 heteroatoms. The van der Waals surface area contributed by atoms with Crippen LogP contribution in [0.25, 0.3) is 10.6 Å². The van der Waals surface area contributed by atoms with Crippen LogP contribution in [-0.4, -0.2) is 41.2 Å². The fourth-order valence-corrected chi connectivity index (χ4v) is 2.81. The van der Waals surface area contributed by atoms with E-state index in [2.05, 4.69) is 20.3 Å². The molecule has 3 rings (SSSR count). The van der Waals surface area contributed by atoms with E-state index < -0.39 is 0 Å². The van der Waals surface area contributed by atoms with Gasteiger partial charge in [0.05, 0.1) is 17.2 Å². The molecule has 25 heavy (non-hydrogen) atoms. The maximum Gasteiger partial charge on any atom is 0.262 e. The van der Waals surface area contributed by atoms with Gasteiger partial charge in [0, 0.05) is 25.7 Å². The van der Waals surface area contributed by atoms with Gasteiger partial charge in [-0.25, -0.2) is 9.97 Å². The van der Waals surface area contributed by atoms with Gasteiger partial charge in [0.25, 0.3) is 5.91 Å². The number of nitrogens with one attached hydrogen (secondary N) is 1. The van der Waals surface area contributed by atoms with Crippen molar-refractivity contribution in [2.24, 2.45) is 0 Å². The van der Waals surface area contributed by atoms with Crippen LogP contribution >= 0.6 is 11.3 Å². The fraction of sp³-hybridized carbons (Fsp3) is 0.176. The lowest BCUT2D eigenvalue weighted by Crippen LogP contribution is -2.15. The summed E-state index contributed by atoms with van der Waals surface area (Å²) >= 11 is 1.35. The minimum absolute atomic E-state index is 0.263. The molecule has 1 amide bonds. The minimum atomic E-state index is -0.331. The molecule has 0 fully saturated rings. The summed E-state index contributed by atoms with van der Waals surface area (Å²) in [7, 11) is 1.58. The number of carbonyl (C=O) groups excluding carboxylic acids is 1. The maximum absolute atomic E-state index is 12.5. The van der Waals surface area contributed by atoms with Crippen molar-refractivity contribution < 1.29 is 14.3 Å². The third kappa shape index (κ3) is 4.37. The Morgan fingerprint density at radius 3 is 2.80 bits per heavy atom. The number of hydrogen-bond acceptors (Lipinski definition) is 7. The quantitative estimate of drug-likeness (QED) is 0.655. The van der Waals surface area contributed by atoms with Crippen LogP contribution in [0.5, 0.6) is 5.88 Å². The van der Waals surface area contributed by atoms with Gasteiger partial charge in [0.1, 0.15) is 12.2 Å². The van der Waals surface area contributed by atoms with Crippen LogP contribution in [0.15, 0.2) is 48.9 Å². The van der Waals surface area contributed by atoms with Gasteiger partial charge in [-0.15, -0.1) is 0 Å². The van der Waals surface area contributed by atoms with Crippen LogP contribution in [0.1, 0.15) is 10.4 Å². The number of ether oxygens (including phenoxy) is 2. The number of amides is 1. The van der Waals surface area contributed by atoms with Gasteiger partial charge in [-0.1, -0.05) is 17.4 Å². The molecule has 0 saturated heterocycles. The molecule has 3 aromatic heterocycles. The van der Waals surface area contributed by atoms with Crippen molar-refractivity contribution in [1.29, 1.82) is 0 Å². The normalized spacial score (nSPS) is 10.4. The standard InChI is InChI=1S/C17H16N4O3S/c1-23-9-10-24-16-12(5-4-8-19-16)15(22)21-17-20-11-14(25-17)13-6-2-3-7-18-13/h2-8,11H,9-10H2,1H3,(H,20,21,22). The Balaban J connectivity index is 1.72. The fourth-order valence-electron chi connectivity index (χ4n) is 2.02. The number of anilines is 1. The summed E-state index contributed by atoms with van der Waals surface area (Å²) in [5.41, 5.74) is 1.15. The topological polar surface area (TPSA) is 86.2 Å². The minimum Gasteiger partial charge on any atom is -0.475 e. The van der Waals surface area contributed by atoms with Gasteiger partial charge in [-0.3, -0.25) is 15.1 Å². The van der Waals surface area contributed by atoms with Gasteiger partial charge in [0.15, 0.2) is 5.13 Å². The Kier molecular flexibility index (Phi) is 5.65. The van der Waals surface area contributed by atoms with E-state index in [0.717, 1.165) is 10.6 Å². The monoisotopic (exact) mass is 356 g/mol. The number of nitrogens with zero attached hydrogens (tertiary/aromatic N) is 3. The largest absolute Gasteiger partial charge is 0.475 e. The van der Waals surface area contributed by atoms with Crippen molar-refractivity contribution >= 4 is 22.4 Å². The van der Waals surface area contributed by atoms with Crippen LogP contribution < -0.4 is 10.1 Å². The van der Waals surface area contributed by atoms with Crippen LogP contribution in [0.4, 0.5) is 5.13 Å². The molecule has 0 atom stereocenters. The molecule has 3 heterocycles. The van der Waals surface area contributed by atoms with E-state index in [1.807, 2.05) is 18.2 Å². The lowest BCUT2D eigenvalue weighted by Gasteiger charge is -2.09. The predicted molar refractivity (Wildman–Crippen MR) is 94.9 cm³/mol. The highest BCUT2D eigenvalue weighted by Gasteiger charge is 2.15. The molecule has 0 saturated carbocycles. The second-order valence-corrected chi connectivity index (χ2v) is 5.93. The molecule has 0 aliphatic heterocycles. The summed E-state index contributed by atoms with van der Waals surface area (Å²) < 4.78 is 10.4. The molecule has 7 nitrogen and oxygen atoms in total. The van der Waals surface area contributed by atoms with Crippen LogP contribution in [-0.2, 0) is 4.74 Å². The Hall–Kier alpha value is -2.84. The zero-order valence-electron chi connectivity index (χ0n) is 13.5. The third-order valence-electron chi connectivity index (χ3n) is 3.19. The number of hydrogen-bond donors (Lipinski definition) is 1. The van der Waals surface area contributed by atoms with E-state index >= 15 is 0 Å². The first-order valence-electron chi connectivity index (χ1n) is 7.53. The van der Waals surface area contributed by atoms with Gasteiger partial charge >= 0.3 is 0 Å². The van der Waals surface area contributed by atoms with Crippen molar-refractivity contribution in [3.63, 3.8) is 0 Å². The van der Waals surface area contributed by atoms with Gasteiger partial charge in [-0.2, -0.15) is 0 Å². The summed E-state index contributed by atoms with van der Waals surface area (Å²) in [6.45, 7) is 0.729. The number of carbonyl (C=O) groups is 1. The summed E-state index contributed by atoms with van der Waals surface area (Å²) in [6, 6.07) is 8.97. The first-order chi connectivity index (χ1) is 12.3. The van der Waals surface area contributed by atoms with Crippen LogP contribution in [0.3, 0.4) is 0 Å². The summed E-state index contributed by atoms with van der Waals surface area (Å²) in [4.78, 5) is 26.0. The molecule has 0 aliphatic rings. The lowest BCUT2D eigenvalue weighted by molar-refractivity contribution is 0.101. The molecule has 0 spiro atoms. The number of aromatic nitrogens is 3. The number of pyridine rings is 2. The SMILES string of the molecule is COCCOc1ncccc1C(=O)Nc1ncc(-c2ccccn2)s1. The summed E-state index contributed by atoms with van der Waals surface area (Å²) in [5, 5.41) is 3.25. The number of thiazole rings is 1. The second-order valence-electron chi connectivity index (χ2n) is 4.90. The highest BCUT2D eigenvalue weighted by Crippen LogP contribution is 2.28. The van der Waals surface area contributed by atoms with Gasteiger partial charge in [0.2, 0.25) is 5.88 Å². The Bertz CT molecular complexity index is 839. The van der Waals surface area contributed by atoms with Gasteiger partial charge in [-0.05, 0) is 24.3 Å². The van der Waals surface area contributed by atoms with Crippen LogP contribution in [0, 0.1) is 0 Å². The third-order valence-corrected chi connectivity index (χ3v) is 4.12. The van der Waals surface area contributed by atoms with E-state index in [4.69, 9.17) is 9.47 Å². The van der Waals surface area contributed by atoms with Crippen molar-refractivity contribution in [2.45, 2.75) is 0 Å². The highest BCUT2D eigenvalue weighted by molar-refractivity contribution is 7.19. The molecule has 0 radical (unpaired) electrons. The molecule has 1 N–H and O–H groups in total. The van der Waals surface area contributed by atoms with E-state index in [9.17, 15) is 4.79 Å². The number of methoxy groups -OCH3 is 1. The molecule has 0 aromatic carbocycles. The van der Waals surface area contributed by atoms with E-state index in [0.29, 0.717) is 23.9 Å². The number of rotatable bonds is 7. The van der Waals surface area contributed by atoms with Crippen molar-refractivity contribution in [1.82, 2.24) is 15.0 Å². The zero-order valence-corrected chi connectivity index (χ0v) is 14.3. The lowest BCUT2D eigenvalue weighted by atomic mass is 10.2. The van der Waals surface area contributed by atoms with Crippen molar-refractivity contribution in [3.05, 3.63) is 54.5 Å². The predicted octanol–water partition coefficient (Wildman–Crippen LogP) is 2.88. The van der Waals surface area contributed by atoms with Crippen molar-refractivity contribution in [3.8, 4) is 16.5 Å². The summed E-state index contributed by atoms with van der Waals surface area (Å²) in [6.07, 6.45) is 4.97. The Morgan fingerprint density at radius 1 is 1.12 bits per heavy atom. The smallest absolute Gasteiger partial charge is 0.262 e. The average Bonchev–Trinajstić information content (AvgIpc) is 3.11. The van der Waals surface area contributed by atoms with E-state index in [1.165, 1.54) is 11.3 Å². The molecule has 0 bridgehead atoms. The molecule has 128 valence electrons. The van der Waals surface area contributed by atoms with E-state index in [-0.39, 0.29) is 11.8 Å². The highest BCUT2D eigenvalue weighted by atomic mass is 32.1. The Labute approximate surface area is 148 Å². The summed E-state index contributed by atoms with van der Waals surface area (Å²) in [5.74, 6) is -0.0685.